The van der Waals surface area contributed by atoms with E-state index in [0.717, 1.165) is 49.3 Å². The highest BCUT2D eigenvalue weighted by molar-refractivity contribution is 5.89. The van der Waals surface area contributed by atoms with E-state index in [4.69, 9.17) is 14.6 Å². The molecule has 2 N–H and O–H groups in total. The van der Waals surface area contributed by atoms with Gasteiger partial charge in [-0.3, -0.25) is 9.58 Å². The number of ether oxygens (including phenoxy) is 2. The lowest BCUT2D eigenvalue weighted by molar-refractivity contribution is 0.0296. The van der Waals surface area contributed by atoms with Gasteiger partial charge in [0.2, 0.25) is 0 Å². The molecule has 2 aromatic carbocycles. The van der Waals surface area contributed by atoms with E-state index in [1.165, 1.54) is 11.8 Å². The molecule has 0 spiro atoms. The maximum atomic E-state index is 13.8. The highest BCUT2D eigenvalue weighted by Gasteiger charge is 2.41. The van der Waals surface area contributed by atoms with E-state index in [1.54, 1.807) is 14.2 Å². The van der Waals surface area contributed by atoms with Crippen molar-refractivity contribution in [2.45, 2.75) is 24.8 Å². The van der Waals surface area contributed by atoms with E-state index in [2.05, 4.69) is 21.6 Å². The number of amides is 2. The van der Waals surface area contributed by atoms with Crippen LogP contribution in [0.3, 0.4) is 0 Å². The number of aryl methyl sites for hydroxylation is 1. The number of nitrogens with one attached hydrogen (secondary N) is 2. The van der Waals surface area contributed by atoms with Gasteiger partial charge in [-0.25, -0.2) is 13.6 Å². The molecule has 1 unspecified atom stereocenters. The first-order chi connectivity index (χ1) is 17.9. The normalized spacial score (nSPS) is 22.5. The van der Waals surface area contributed by atoms with Crippen LogP contribution in [0.15, 0.2) is 42.5 Å². The number of methoxy groups -OCH3 is 2. The number of benzene rings is 2. The summed E-state index contributed by atoms with van der Waals surface area (Å²) in [5.41, 5.74) is 2.99. The summed E-state index contributed by atoms with van der Waals surface area (Å²) in [7, 11) is 5.22. The molecule has 3 aliphatic heterocycles. The molecule has 37 heavy (non-hydrogen) atoms. The van der Waals surface area contributed by atoms with Crippen molar-refractivity contribution in [1.82, 2.24) is 20.0 Å². The van der Waals surface area contributed by atoms with Gasteiger partial charge in [-0.15, -0.1) is 0 Å². The Morgan fingerprint density at radius 1 is 1.11 bits per heavy atom. The van der Waals surface area contributed by atoms with Gasteiger partial charge in [0.1, 0.15) is 11.6 Å². The van der Waals surface area contributed by atoms with Crippen LogP contribution >= 0.6 is 0 Å². The number of carbonyl (C=O) groups is 1. The third kappa shape index (κ3) is 5.11. The lowest BCUT2D eigenvalue weighted by atomic mass is 9.74. The van der Waals surface area contributed by atoms with E-state index in [9.17, 15) is 13.6 Å². The Bertz CT molecular complexity index is 1300. The third-order valence-corrected chi connectivity index (χ3v) is 7.53. The summed E-state index contributed by atoms with van der Waals surface area (Å²) in [5, 5.41) is 10.1. The standard InChI is InChI=1S/C27H31F2N5O3/c1-33-24(13-23(32-33)17-4-7-25(36-2)26(11-17)37-3)20-15-34-9-8-16(20)10-19(34)14-30-27(35)31-22-6-5-18(28)12-21(22)29/h4-7,11-13,16,19-20H,8-10,14-15H2,1-3H3,(H2,30,31,35)/t16-,19+,20-/m0/s1. The molecule has 3 aliphatic rings. The van der Waals surface area contributed by atoms with Crippen LogP contribution < -0.4 is 20.1 Å². The summed E-state index contributed by atoms with van der Waals surface area (Å²) in [4.78, 5) is 14.7. The number of rotatable bonds is 7. The fraction of sp³-hybridized carbons (Fsp3) is 0.407. The van der Waals surface area contributed by atoms with Crippen LogP contribution in [0.1, 0.15) is 24.5 Å². The molecule has 196 valence electrons. The maximum Gasteiger partial charge on any atom is 0.319 e. The second-order valence-corrected chi connectivity index (χ2v) is 9.65. The van der Waals surface area contributed by atoms with E-state index >= 15 is 0 Å². The van der Waals surface area contributed by atoms with Crippen molar-refractivity contribution >= 4 is 11.7 Å². The van der Waals surface area contributed by atoms with Crippen LogP contribution in [0.5, 0.6) is 11.5 Å². The number of hydrogen-bond donors (Lipinski definition) is 2. The van der Waals surface area contributed by atoms with Gasteiger partial charge in [-0.1, -0.05) is 0 Å². The van der Waals surface area contributed by atoms with Gasteiger partial charge in [-0.2, -0.15) is 5.10 Å². The molecule has 8 nitrogen and oxygen atoms in total. The molecule has 3 fully saturated rings. The fourth-order valence-corrected chi connectivity index (χ4v) is 5.62. The van der Waals surface area contributed by atoms with Gasteiger partial charge in [-0.05, 0) is 61.7 Å². The molecular weight excluding hydrogens is 480 g/mol. The molecule has 3 saturated heterocycles. The number of hydrogen-bond acceptors (Lipinski definition) is 5. The summed E-state index contributed by atoms with van der Waals surface area (Å²) >= 11 is 0. The summed E-state index contributed by atoms with van der Waals surface area (Å²) in [6.45, 7) is 2.32. The van der Waals surface area contributed by atoms with Crippen LogP contribution in [0.25, 0.3) is 11.3 Å². The van der Waals surface area contributed by atoms with Crippen molar-refractivity contribution in [2.75, 3.05) is 39.2 Å². The van der Waals surface area contributed by atoms with Crippen LogP contribution in [-0.2, 0) is 7.05 Å². The van der Waals surface area contributed by atoms with Gasteiger partial charge in [0.25, 0.3) is 0 Å². The number of aromatic nitrogens is 2. The van der Waals surface area contributed by atoms with Crippen LogP contribution in [0.4, 0.5) is 19.3 Å². The fourth-order valence-electron chi connectivity index (χ4n) is 5.62. The Morgan fingerprint density at radius 3 is 2.62 bits per heavy atom. The molecule has 0 aliphatic carbocycles. The topological polar surface area (TPSA) is 80.7 Å². The number of nitrogens with zero attached hydrogens (tertiary/aromatic N) is 3. The molecule has 4 atom stereocenters. The predicted molar refractivity (Wildman–Crippen MR) is 136 cm³/mol. The van der Waals surface area contributed by atoms with Crippen molar-refractivity contribution in [2.24, 2.45) is 13.0 Å². The average molecular weight is 512 g/mol. The highest BCUT2D eigenvalue weighted by Crippen LogP contribution is 2.42. The molecule has 6 rings (SSSR count). The van der Waals surface area contributed by atoms with E-state index in [1.807, 2.05) is 29.9 Å². The first kappa shape index (κ1) is 25.0. The first-order valence-electron chi connectivity index (χ1n) is 12.4. The molecule has 1 aromatic heterocycles. The van der Waals surface area contributed by atoms with Gasteiger partial charge < -0.3 is 20.1 Å². The summed E-state index contributed by atoms with van der Waals surface area (Å²) in [5.74, 6) is 0.671. The summed E-state index contributed by atoms with van der Waals surface area (Å²) < 4.78 is 39.7. The quantitative estimate of drug-likeness (QED) is 0.492. The van der Waals surface area contributed by atoms with Crippen LogP contribution in [0.2, 0.25) is 0 Å². The Hall–Kier alpha value is -3.66. The Kier molecular flexibility index (Phi) is 7.01. The zero-order valence-corrected chi connectivity index (χ0v) is 21.1. The van der Waals surface area contributed by atoms with Crippen LogP contribution in [0, 0.1) is 17.6 Å². The zero-order valence-electron chi connectivity index (χ0n) is 21.1. The van der Waals surface area contributed by atoms with Gasteiger partial charge in [0.15, 0.2) is 11.5 Å². The largest absolute Gasteiger partial charge is 0.493 e. The molecule has 4 heterocycles. The lowest BCUT2D eigenvalue weighted by Gasteiger charge is -2.49. The second kappa shape index (κ2) is 10.4. The Morgan fingerprint density at radius 2 is 1.92 bits per heavy atom. The number of fused-ring (bicyclic) bond motifs is 3. The molecule has 0 radical (unpaired) electrons. The lowest BCUT2D eigenvalue weighted by Crippen LogP contribution is -2.56. The SMILES string of the molecule is COc1ccc(-c2cc([C@H]3CN4CC[C@H]3C[C@@H]4CNC(=O)Nc3ccc(F)cc3F)n(C)n2)cc1OC. The number of halogens is 2. The minimum absolute atomic E-state index is 0.0501. The molecule has 2 amide bonds. The van der Waals surface area contributed by atoms with Gasteiger partial charge in [0, 0.05) is 49.4 Å². The molecule has 3 aromatic rings. The number of carbonyl (C=O) groups excluding carboxylic acids is 1. The molecular formula is C27H31F2N5O3. The minimum atomic E-state index is -0.804. The smallest absolute Gasteiger partial charge is 0.319 e. The van der Waals surface area contributed by atoms with Crippen LogP contribution in [-0.4, -0.2) is 60.6 Å². The third-order valence-electron chi connectivity index (χ3n) is 7.53. The second-order valence-electron chi connectivity index (χ2n) is 9.65. The predicted octanol–water partition coefficient (Wildman–Crippen LogP) is 4.38. The highest BCUT2D eigenvalue weighted by atomic mass is 19.1. The van der Waals surface area contributed by atoms with Crippen molar-refractivity contribution in [3.8, 4) is 22.8 Å². The van der Waals surface area contributed by atoms with Gasteiger partial charge >= 0.3 is 6.03 Å². The van der Waals surface area contributed by atoms with E-state index in [0.29, 0.717) is 29.9 Å². The summed E-state index contributed by atoms with van der Waals surface area (Å²) in [6.07, 6.45) is 2.04. The minimum Gasteiger partial charge on any atom is -0.493 e. The van der Waals surface area contributed by atoms with Crippen molar-refractivity contribution in [1.29, 1.82) is 0 Å². The molecule has 10 heteroatoms. The number of anilines is 1. The molecule has 0 saturated carbocycles. The van der Waals surface area contributed by atoms with Crippen molar-refractivity contribution < 1.29 is 23.0 Å². The first-order valence-corrected chi connectivity index (χ1v) is 12.4. The van der Waals surface area contributed by atoms with E-state index < -0.39 is 17.7 Å². The monoisotopic (exact) mass is 511 g/mol. The number of piperidine rings is 3. The number of urea groups is 1. The molecule has 2 bridgehead atoms. The zero-order chi connectivity index (χ0) is 26.1. The van der Waals surface area contributed by atoms with Crippen molar-refractivity contribution in [3.05, 3.63) is 59.8 Å². The summed E-state index contributed by atoms with van der Waals surface area (Å²) in [6, 6.07) is 10.7. The van der Waals surface area contributed by atoms with Crippen molar-refractivity contribution in [3.63, 3.8) is 0 Å². The Balaban J connectivity index is 1.23. The van der Waals surface area contributed by atoms with E-state index in [-0.39, 0.29) is 11.7 Å². The van der Waals surface area contributed by atoms with Gasteiger partial charge in [0.05, 0.1) is 25.6 Å². The maximum absolute atomic E-state index is 13.8. The average Bonchev–Trinajstić information content (AvgIpc) is 3.30. The Labute approximate surface area is 214 Å².